The van der Waals surface area contributed by atoms with Crippen LogP contribution in [0.15, 0.2) is 12.3 Å². The minimum Gasteiger partial charge on any atom is -0.379 e. The van der Waals surface area contributed by atoms with Crippen LogP contribution in [0.4, 0.5) is 0 Å². The van der Waals surface area contributed by atoms with Gasteiger partial charge in [0, 0.05) is 32.7 Å². The van der Waals surface area contributed by atoms with E-state index in [2.05, 4.69) is 0 Å². The molecule has 4 rings (SSSR count). The molecule has 0 radical (unpaired) electrons. The van der Waals surface area contributed by atoms with Crippen LogP contribution < -0.4 is 0 Å². The normalized spacial score (nSPS) is 31.1. The highest BCUT2D eigenvalue weighted by Gasteiger charge is 2.40. The average molecular weight is 423 g/mol. The van der Waals surface area contributed by atoms with Crippen LogP contribution >= 0.6 is 7.82 Å². The number of ether oxygens (including phenoxy) is 3. The van der Waals surface area contributed by atoms with Crippen molar-refractivity contribution in [2.45, 2.75) is 12.2 Å². The zero-order chi connectivity index (χ0) is 19.2. The maximum Gasteiger partial charge on any atom is 0.525 e. The first kappa shape index (κ1) is 20.6. The van der Waals surface area contributed by atoms with E-state index in [-0.39, 0.29) is 12.2 Å². The number of hydrogen-bond acceptors (Lipinski definition) is 12. The molecular weight excluding hydrogens is 397 g/mol. The molecule has 0 spiro atoms. The average Bonchev–Trinajstić information content (AvgIpc) is 3.24. The summed E-state index contributed by atoms with van der Waals surface area (Å²) in [5, 5.41) is 4.64. The number of hydrogen-bond donors (Lipinski definition) is 0. The number of morpholine rings is 3. The molecule has 4 aliphatic heterocycles. The lowest BCUT2D eigenvalue weighted by molar-refractivity contribution is -0.287. The summed E-state index contributed by atoms with van der Waals surface area (Å²) >= 11 is 0. The summed E-state index contributed by atoms with van der Waals surface area (Å²) in [4.78, 5) is 9.91. The molecule has 0 aromatic rings. The first-order chi connectivity index (χ1) is 13.7. The van der Waals surface area contributed by atoms with E-state index in [4.69, 9.17) is 37.9 Å². The highest BCUT2D eigenvalue weighted by atomic mass is 31.2. The van der Waals surface area contributed by atoms with E-state index >= 15 is 0 Å². The lowest BCUT2D eigenvalue weighted by Crippen LogP contribution is -2.47. The third-order valence-electron chi connectivity index (χ3n) is 4.50. The van der Waals surface area contributed by atoms with Gasteiger partial charge in [-0.1, -0.05) is 0 Å². The Kier molecular flexibility index (Phi) is 7.31. The molecule has 0 aromatic heterocycles. The summed E-state index contributed by atoms with van der Waals surface area (Å²) in [6.07, 6.45) is 2.53. The van der Waals surface area contributed by atoms with E-state index in [9.17, 15) is 4.57 Å². The van der Waals surface area contributed by atoms with E-state index < -0.39 is 7.82 Å². The molecule has 0 N–H and O–H groups in total. The van der Waals surface area contributed by atoms with Crippen molar-refractivity contribution >= 4 is 7.82 Å². The van der Waals surface area contributed by atoms with Gasteiger partial charge in [-0.25, -0.2) is 4.57 Å². The maximum absolute atomic E-state index is 13.5. The van der Waals surface area contributed by atoms with E-state index in [0.29, 0.717) is 72.3 Å². The lowest BCUT2D eigenvalue weighted by atomic mass is 10.2. The van der Waals surface area contributed by atoms with E-state index in [1.807, 2.05) is 0 Å². The number of phosphoric acid groups is 1. The summed E-state index contributed by atoms with van der Waals surface area (Å²) in [6.45, 7) is 4.97. The SMILES string of the molecule is O=P(ON1CCOCC1)(ON1CCOCC1)ON1CCOC(C2C=COO2)C1. The molecule has 0 aromatic carbocycles. The van der Waals surface area contributed by atoms with Crippen molar-refractivity contribution in [3.63, 3.8) is 0 Å². The molecule has 0 aliphatic carbocycles. The Morgan fingerprint density at radius 3 is 1.96 bits per heavy atom. The van der Waals surface area contributed by atoms with Crippen molar-refractivity contribution in [2.24, 2.45) is 0 Å². The first-order valence-electron chi connectivity index (χ1n) is 9.40. The topological polar surface area (TPSA) is 101 Å². The first-order valence-corrected chi connectivity index (χ1v) is 10.9. The molecule has 2 unspecified atom stereocenters. The molecule has 4 aliphatic rings. The third-order valence-corrected chi connectivity index (χ3v) is 5.79. The van der Waals surface area contributed by atoms with Crippen LogP contribution in [0.5, 0.6) is 0 Å². The van der Waals surface area contributed by atoms with Crippen LogP contribution in [0, 0.1) is 0 Å². The van der Waals surface area contributed by atoms with Crippen LogP contribution in [0.25, 0.3) is 0 Å². The molecule has 3 saturated heterocycles. The van der Waals surface area contributed by atoms with Gasteiger partial charge in [0.05, 0.1) is 39.6 Å². The second kappa shape index (κ2) is 9.92. The molecule has 2 atom stereocenters. The highest BCUT2D eigenvalue weighted by Crippen LogP contribution is 2.52. The Labute approximate surface area is 163 Å². The van der Waals surface area contributed by atoms with Gasteiger partial charge in [-0.05, 0) is 6.08 Å². The lowest BCUT2D eigenvalue weighted by Gasteiger charge is -2.37. The van der Waals surface area contributed by atoms with Gasteiger partial charge < -0.3 is 19.1 Å². The molecule has 3 fully saturated rings. The third kappa shape index (κ3) is 5.71. The Balaban J connectivity index is 1.39. The fourth-order valence-electron chi connectivity index (χ4n) is 3.07. The Hall–Kier alpha value is -0.630. The van der Waals surface area contributed by atoms with Gasteiger partial charge in [0.1, 0.15) is 12.4 Å². The maximum atomic E-state index is 13.5. The predicted molar refractivity (Wildman–Crippen MR) is 92.1 cm³/mol. The van der Waals surface area contributed by atoms with Gasteiger partial charge in [0.15, 0.2) is 6.10 Å². The van der Waals surface area contributed by atoms with Crippen molar-refractivity contribution in [1.29, 1.82) is 0 Å². The molecule has 0 amide bonds. The Morgan fingerprint density at radius 2 is 1.39 bits per heavy atom. The molecule has 0 bridgehead atoms. The minimum atomic E-state index is -3.96. The van der Waals surface area contributed by atoms with Gasteiger partial charge >= 0.3 is 7.82 Å². The molecule has 13 heteroatoms. The quantitative estimate of drug-likeness (QED) is 0.410. The van der Waals surface area contributed by atoms with E-state index in [1.165, 1.54) is 11.3 Å². The van der Waals surface area contributed by atoms with Crippen molar-refractivity contribution in [3.05, 3.63) is 12.3 Å². The smallest absolute Gasteiger partial charge is 0.379 e. The molecule has 160 valence electrons. The van der Waals surface area contributed by atoms with Crippen LogP contribution in [-0.2, 0) is 42.4 Å². The van der Waals surface area contributed by atoms with Crippen molar-refractivity contribution in [3.8, 4) is 0 Å². The van der Waals surface area contributed by atoms with Gasteiger partial charge in [-0.2, -0.15) is 34.0 Å². The fraction of sp³-hybridized carbons (Fsp3) is 0.867. The van der Waals surface area contributed by atoms with Gasteiger partial charge in [0.2, 0.25) is 0 Å². The van der Waals surface area contributed by atoms with Gasteiger partial charge in [-0.15, -0.1) is 0 Å². The summed E-state index contributed by atoms with van der Waals surface area (Å²) in [5.41, 5.74) is 0. The predicted octanol–water partition coefficient (Wildman–Crippen LogP) is 0.0986. The minimum absolute atomic E-state index is 0.321. The molecule has 0 saturated carbocycles. The van der Waals surface area contributed by atoms with Crippen LogP contribution in [0.3, 0.4) is 0 Å². The van der Waals surface area contributed by atoms with Crippen molar-refractivity contribution in [1.82, 2.24) is 15.2 Å². The van der Waals surface area contributed by atoms with Gasteiger partial charge in [0.25, 0.3) is 0 Å². The molecular formula is C15H26N3O9P. The molecule has 28 heavy (non-hydrogen) atoms. The molecule has 12 nitrogen and oxygen atoms in total. The second-order valence-corrected chi connectivity index (χ2v) is 7.94. The van der Waals surface area contributed by atoms with E-state index in [0.717, 1.165) is 0 Å². The standard InChI is InChI=1S/C15H26N3O9P/c19-28(25-16-2-8-20-9-3-16,26-17-4-10-21-11-5-17)27-18-6-12-22-15(13-18)14-1-7-23-24-14/h1,7,14-15H,2-6,8-13H2. The van der Waals surface area contributed by atoms with Crippen LogP contribution in [-0.4, -0.2) is 99.7 Å². The summed E-state index contributed by atoms with van der Waals surface area (Å²) < 4.78 is 46.9. The van der Waals surface area contributed by atoms with Crippen molar-refractivity contribution in [2.75, 3.05) is 72.3 Å². The van der Waals surface area contributed by atoms with E-state index in [1.54, 1.807) is 16.2 Å². The summed E-state index contributed by atoms with van der Waals surface area (Å²) in [7, 11) is -3.96. The Morgan fingerprint density at radius 1 is 0.821 bits per heavy atom. The Bertz CT molecular complexity index is 547. The monoisotopic (exact) mass is 423 g/mol. The largest absolute Gasteiger partial charge is 0.525 e. The van der Waals surface area contributed by atoms with Crippen LogP contribution in [0.2, 0.25) is 0 Å². The molecule has 4 heterocycles. The van der Waals surface area contributed by atoms with Gasteiger partial charge in [-0.3, -0.25) is 0 Å². The highest BCUT2D eigenvalue weighted by molar-refractivity contribution is 7.48. The van der Waals surface area contributed by atoms with Crippen LogP contribution in [0.1, 0.15) is 0 Å². The number of rotatable bonds is 7. The summed E-state index contributed by atoms with van der Waals surface area (Å²) in [6, 6.07) is 0. The second-order valence-electron chi connectivity index (χ2n) is 6.56. The zero-order valence-corrected chi connectivity index (χ0v) is 16.4. The van der Waals surface area contributed by atoms with Crippen molar-refractivity contribution < 1.29 is 42.4 Å². The number of hydroxylamine groups is 6. The zero-order valence-electron chi connectivity index (χ0n) is 15.6. The number of nitrogens with zero attached hydrogens (tertiary/aromatic N) is 3. The summed E-state index contributed by atoms with van der Waals surface area (Å²) in [5.74, 6) is 0. The fourth-order valence-corrected chi connectivity index (χ4v) is 4.49.